The largest absolute Gasteiger partial charge is 0.481 e. The van der Waals surface area contributed by atoms with Crippen molar-refractivity contribution in [3.05, 3.63) is 0 Å². The molecule has 0 rings (SSSR count). The van der Waals surface area contributed by atoms with Crippen molar-refractivity contribution in [3.63, 3.8) is 0 Å². The molecule has 0 unspecified atom stereocenters. The van der Waals surface area contributed by atoms with Gasteiger partial charge in [-0.1, -0.05) is 84.0 Å². The lowest BCUT2D eigenvalue weighted by atomic mass is 10.0. The van der Waals surface area contributed by atoms with Crippen LogP contribution in [-0.2, 0) is 24.0 Å². The van der Waals surface area contributed by atoms with Crippen LogP contribution >= 0.6 is 12.6 Å². The van der Waals surface area contributed by atoms with Crippen molar-refractivity contribution in [3.8, 4) is 0 Å². The number of amides is 2. The molecule has 0 spiro atoms. The fourth-order valence-electron chi connectivity index (χ4n) is 3.45. The number of nitrogens with one attached hydrogen (secondary N) is 2. The summed E-state index contributed by atoms with van der Waals surface area (Å²) in [6.07, 6.45) is 17.0. The van der Waals surface area contributed by atoms with Crippen LogP contribution < -0.4 is 16.4 Å². The minimum absolute atomic E-state index is 0.0256. The highest BCUT2D eigenvalue weighted by Gasteiger charge is 2.20. The molecule has 7 N–H and O–H groups in total. The minimum Gasteiger partial charge on any atom is -0.481 e. The number of carboxylic acid groups (broad SMARTS) is 3. The number of hydrogen-bond acceptors (Lipinski definition) is 7. The lowest BCUT2D eigenvalue weighted by molar-refractivity contribution is -0.139. The van der Waals surface area contributed by atoms with E-state index in [-0.39, 0.29) is 18.6 Å². The summed E-state index contributed by atoms with van der Waals surface area (Å²) in [4.78, 5) is 54.0. The first kappa shape index (κ1) is 37.8. The Bertz CT molecular complexity index is 679. The van der Waals surface area contributed by atoms with E-state index >= 15 is 0 Å². The maximum absolute atomic E-state index is 11.5. The molecule has 0 fully saturated rings. The van der Waals surface area contributed by atoms with Gasteiger partial charge in [-0.15, -0.1) is 0 Å². The molecule has 2 amide bonds. The number of carbonyl (C=O) groups excluding carboxylic acids is 2. The fraction of sp³-hybridized carbons (Fsp3) is 0.808. The third-order valence-corrected chi connectivity index (χ3v) is 6.11. The predicted molar refractivity (Wildman–Crippen MR) is 149 cm³/mol. The fourth-order valence-corrected chi connectivity index (χ4v) is 3.71. The van der Waals surface area contributed by atoms with Crippen LogP contribution in [0.4, 0.5) is 0 Å². The van der Waals surface area contributed by atoms with Gasteiger partial charge in [-0.25, -0.2) is 0 Å². The van der Waals surface area contributed by atoms with Crippen LogP contribution in [0.15, 0.2) is 0 Å². The highest BCUT2D eigenvalue weighted by Crippen LogP contribution is 2.12. The van der Waals surface area contributed by atoms with Gasteiger partial charge in [0.05, 0.1) is 0 Å². The van der Waals surface area contributed by atoms with Gasteiger partial charge in [-0.05, 0) is 12.8 Å². The number of carbonyl (C=O) groups is 5. The number of carboxylic acids is 3. The van der Waals surface area contributed by atoms with Crippen molar-refractivity contribution in [2.45, 2.75) is 122 Å². The average Bonchev–Trinajstić information content (AvgIpc) is 2.87. The van der Waals surface area contributed by atoms with E-state index in [1.54, 1.807) is 0 Å². The standard InChI is InChI=1S/C16H32O2.C10H17N3O6S/c1-2-3-4-5-6-7-8-9-10-11-12-13-14-15-16(17)18;11-5(10(18)19)1-2-7(14)13-6(4-20)9(17)12-3-8(15)16/h2-15H2,1H3,(H,17,18);5-6,20H,1-4,11H2,(H,12,17)(H,13,14)(H,15,16)(H,18,19)/t;5-,6-/m.0/s1. The monoisotopic (exact) mass is 563 g/mol. The first-order valence-corrected chi connectivity index (χ1v) is 14.3. The highest BCUT2D eigenvalue weighted by molar-refractivity contribution is 7.80. The third kappa shape index (κ3) is 26.7. The second-order valence-corrected chi connectivity index (χ2v) is 9.65. The number of hydrogen-bond donors (Lipinski definition) is 7. The molecule has 11 nitrogen and oxygen atoms in total. The Morgan fingerprint density at radius 1 is 0.737 bits per heavy atom. The predicted octanol–water partition coefficient (Wildman–Crippen LogP) is 3.35. The third-order valence-electron chi connectivity index (χ3n) is 5.74. The lowest BCUT2D eigenvalue weighted by Crippen LogP contribution is -2.49. The van der Waals surface area contributed by atoms with Crippen molar-refractivity contribution in [1.82, 2.24) is 10.6 Å². The topological polar surface area (TPSA) is 196 Å². The van der Waals surface area contributed by atoms with E-state index < -0.39 is 48.4 Å². The molecule has 38 heavy (non-hydrogen) atoms. The number of rotatable bonds is 23. The van der Waals surface area contributed by atoms with Crippen LogP contribution in [0.2, 0.25) is 0 Å². The summed E-state index contributed by atoms with van der Waals surface area (Å²) in [6, 6.07) is -2.15. The molecule has 222 valence electrons. The number of aliphatic carboxylic acids is 3. The second kappa shape index (κ2) is 26.3. The van der Waals surface area contributed by atoms with E-state index in [0.717, 1.165) is 12.8 Å². The molecular formula is C26H49N3O8S. The molecular weight excluding hydrogens is 514 g/mol. The summed E-state index contributed by atoms with van der Waals surface area (Å²) in [5, 5.41) is 29.9. The average molecular weight is 564 g/mol. The molecule has 0 bridgehead atoms. The van der Waals surface area contributed by atoms with Gasteiger partial charge in [-0.2, -0.15) is 12.6 Å². The Balaban J connectivity index is 0. The van der Waals surface area contributed by atoms with Gasteiger partial charge >= 0.3 is 17.9 Å². The van der Waals surface area contributed by atoms with Gasteiger partial charge in [0.25, 0.3) is 0 Å². The van der Waals surface area contributed by atoms with Crippen LogP contribution in [0.5, 0.6) is 0 Å². The van der Waals surface area contributed by atoms with Crippen molar-refractivity contribution >= 4 is 42.4 Å². The summed E-state index contributed by atoms with van der Waals surface area (Å²) >= 11 is 3.87. The summed E-state index contributed by atoms with van der Waals surface area (Å²) in [5.41, 5.74) is 5.23. The van der Waals surface area contributed by atoms with Crippen LogP contribution in [0.1, 0.15) is 110 Å². The molecule has 0 radical (unpaired) electrons. The zero-order valence-electron chi connectivity index (χ0n) is 22.8. The molecule has 0 heterocycles. The van der Waals surface area contributed by atoms with Crippen LogP contribution in [0.3, 0.4) is 0 Å². The van der Waals surface area contributed by atoms with Crippen molar-refractivity contribution in [1.29, 1.82) is 0 Å². The molecule has 0 saturated heterocycles. The number of nitrogens with two attached hydrogens (primary N) is 1. The molecule has 0 aromatic heterocycles. The minimum atomic E-state index is -1.22. The van der Waals surface area contributed by atoms with Crippen LogP contribution in [0, 0.1) is 0 Å². The molecule has 0 aromatic carbocycles. The summed E-state index contributed by atoms with van der Waals surface area (Å²) in [6.45, 7) is 1.69. The Kier molecular flexibility index (Phi) is 26.1. The molecule has 0 aliphatic heterocycles. The van der Waals surface area contributed by atoms with Crippen molar-refractivity contribution < 1.29 is 39.3 Å². The van der Waals surface area contributed by atoms with Crippen molar-refractivity contribution in [2.24, 2.45) is 5.73 Å². The maximum Gasteiger partial charge on any atom is 0.322 e. The molecule has 12 heteroatoms. The zero-order valence-corrected chi connectivity index (χ0v) is 23.7. The zero-order chi connectivity index (χ0) is 29.2. The molecule has 2 atom stereocenters. The molecule has 0 aliphatic carbocycles. The molecule has 0 aliphatic rings. The molecule has 0 saturated carbocycles. The van der Waals surface area contributed by atoms with Crippen LogP contribution in [0.25, 0.3) is 0 Å². The Morgan fingerprint density at radius 3 is 1.61 bits per heavy atom. The highest BCUT2D eigenvalue weighted by atomic mass is 32.1. The second-order valence-electron chi connectivity index (χ2n) is 9.28. The van der Waals surface area contributed by atoms with Gasteiger partial charge in [0.15, 0.2) is 0 Å². The van der Waals surface area contributed by atoms with Gasteiger partial charge < -0.3 is 31.7 Å². The Morgan fingerprint density at radius 2 is 1.21 bits per heavy atom. The summed E-state index contributed by atoms with van der Waals surface area (Å²) in [7, 11) is 0. The summed E-state index contributed by atoms with van der Waals surface area (Å²) < 4.78 is 0. The first-order chi connectivity index (χ1) is 18.0. The van der Waals surface area contributed by atoms with Crippen LogP contribution in [-0.4, -0.2) is 69.4 Å². The number of unbranched alkanes of at least 4 members (excludes halogenated alkanes) is 12. The normalized spacial score (nSPS) is 12.0. The maximum atomic E-state index is 11.5. The first-order valence-electron chi connectivity index (χ1n) is 13.6. The lowest BCUT2D eigenvalue weighted by Gasteiger charge is -2.16. The van der Waals surface area contributed by atoms with E-state index in [0.29, 0.717) is 6.42 Å². The smallest absolute Gasteiger partial charge is 0.322 e. The number of thiol groups is 1. The quantitative estimate of drug-likeness (QED) is 0.0720. The van der Waals surface area contributed by atoms with E-state index in [4.69, 9.17) is 21.1 Å². The Hall–Kier alpha value is -2.34. The van der Waals surface area contributed by atoms with Gasteiger partial charge in [-0.3, -0.25) is 24.0 Å². The summed E-state index contributed by atoms with van der Waals surface area (Å²) in [5.74, 6) is -4.36. The van der Waals surface area contributed by atoms with E-state index in [1.807, 2.05) is 0 Å². The van der Waals surface area contributed by atoms with E-state index in [1.165, 1.54) is 70.6 Å². The van der Waals surface area contributed by atoms with E-state index in [9.17, 15) is 24.0 Å². The van der Waals surface area contributed by atoms with Gasteiger partial charge in [0.2, 0.25) is 11.8 Å². The van der Waals surface area contributed by atoms with E-state index in [2.05, 4.69) is 30.2 Å². The Labute approximate surface area is 232 Å². The van der Waals surface area contributed by atoms with Gasteiger partial charge in [0.1, 0.15) is 18.6 Å². The SMILES string of the molecule is CCCCCCCCCCCCCCCC(=O)O.N[C@@H](CCC(=O)N[C@@H](CS)C(=O)NCC(=O)O)C(=O)O. The molecule has 0 aromatic rings. The van der Waals surface area contributed by atoms with Gasteiger partial charge in [0, 0.05) is 18.6 Å². The van der Waals surface area contributed by atoms with Crippen molar-refractivity contribution in [2.75, 3.05) is 12.3 Å².